The van der Waals surface area contributed by atoms with E-state index in [1.54, 1.807) is 0 Å². The van der Waals surface area contributed by atoms with Crippen LogP contribution in [-0.2, 0) is 4.79 Å². The maximum Gasteiger partial charge on any atom is 0.243 e. The molecule has 0 heterocycles. The molecule has 2 nitrogen and oxygen atoms in total. The molecular formula is C12H19NO. The summed E-state index contributed by atoms with van der Waals surface area (Å²) in [6, 6.07) is 0. The summed E-state index contributed by atoms with van der Waals surface area (Å²) in [5, 5.41) is 3.16. The number of carbonyl (C=O) groups excluding carboxylic acids is 1. The molecule has 2 saturated carbocycles. The van der Waals surface area contributed by atoms with Gasteiger partial charge in [-0.15, -0.1) is 0 Å². The van der Waals surface area contributed by atoms with Gasteiger partial charge in [0.25, 0.3) is 0 Å². The molecule has 1 amide bonds. The topological polar surface area (TPSA) is 29.1 Å². The van der Waals surface area contributed by atoms with Crippen LogP contribution in [0.5, 0.6) is 0 Å². The van der Waals surface area contributed by atoms with Gasteiger partial charge in [0.2, 0.25) is 5.91 Å². The van der Waals surface area contributed by atoms with Crippen molar-refractivity contribution in [3.8, 4) is 0 Å². The zero-order chi connectivity index (χ0) is 10.0. The average molecular weight is 193 g/mol. The Morgan fingerprint density at radius 2 is 2.00 bits per heavy atom. The van der Waals surface area contributed by atoms with Crippen molar-refractivity contribution in [1.82, 2.24) is 5.32 Å². The second-order valence-corrected chi connectivity index (χ2v) is 4.83. The third-order valence-corrected chi connectivity index (χ3v) is 3.79. The van der Waals surface area contributed by atoms with E-state index in [9.17, 15) is 4.79 Å². The van der Waals surface area contributed by atoms with Crippen molar-refractivity contribution in [2.24, 2.45) is 5.92 Å². The number of amides is 1. The summed E-state index contributed by atoms with van der Waals surface area (Å²) in [6.45, 7) is 3.52. The summed E-state index contributed by atoms with van der Waals surface area (Å²) in [4.78, 5) is 11.3. The van der Waals surface area contributed by atoms with Crippen LogP contribution in [0, 0.1) is 5.92 Å². The van der Waals surface area contributed by atoms with Gasteiger partial charge in [0.15, 0.2) is 0 Å². The van der Waals surface area contributed by atoms with Crippen molar-refractivity contribution in [3.63, 3.8) is 0 Å². The van der Waals surface area contributed by atoms with Crippen LogP contribution in [0.4, 0.5) is 0 Å². The van der Waals surface area contributed by atoms with Gasteiger partial charge < -0.3 is 5.32 Å². The molecule has 2 heteroatoms. The van der Waals surface area contributed by atoms with Crippen molar-refractivity contribution in [1.29, 1.82) is 0 Å². The third-order valence-electron chi connectivity index (χ3n) is 3.79. The Labute approximate surface area is 85.8 Å². The molecule has 0 aromatic rings. The second kappa shape index (κ2) is 3.76. The van der Waals surface area contributed by atoms with Gasteiger partial charge in [0, 0.05) is 5.54 Å². The molecule has 2 aliphatic rings. The molecule has 2 aliphatic carbocycles. The lowest BCUT2D eigenvalue weighted by molar-refractivity contribution is -0.119. The molecule has 0 aromatic heterocycles. The van der Waals surface area contributed by atoms with Crippen molar-refractivity contribution < 1.29 is 4.79 Å². The first-order valence-corrected chi connectivity index (χ1v) is 5.69. The standard InChI is InChI=1S/C12H19NO/c1-2-11(14)13-12-7-3-5-10(9-12)6-4-8-12/h2,10H,1,3-9H2,(H,13,14). The Bertz CT molecular complexity index is 237. The number of hydrogen-bond donors (Lipinski definition) is 1. The Hall–Kier alpha value is -0.790. The predicted octanol–water partition coefficient (Wildman–Crippen LogP) is 2.40. The van der Waals surface area contributed by atoms with Crippen LogP contribution < -0.4 is 5.32 Å². The van der Waals surface area contributed by atoms with Crippen LogP contribution in [0.25, 0.3) is 0 Å². The zero-order valence-electron chi connectivity index (χ0n) is 8.72. The molecule has 2 bridgehead atoms. The number of rotatable bonds is 2. The summed E-state index contributed by atoms with van der Waals surface area (Å²) in [5.41, 5.74) is 0.131. The van der Waals surface area contributed by atoms with Crippen molar-refractivity contribution in [3.05, 3.63) is 12.7 Å². The van der Waals surface area contributed by atoms with Crippen molar-refractivity contribution >= 4 is 5.91 Å². The first kappa shape index (κ1) is 9.75. The lowest BCUT2D eigenvalue weighted by Gasteiger charge is -2.45. The first-order valence-electron chi connectivity index (χ1n) is 5.69. The van der Waals surface area contributed by atoms with E-state index in [4.69, 9.17) is 0 Å². The van der Waals surface area contributed by atoms with Gasteiger partial charge >= 0.3 is 0 Å². The summed E-state index contributed by atoms with van der Waals surface area (Å²) >= 11 is 0. The van der Waals surface area contributed by atoms with Crippen LogP contribution >= 0.6 is 0 Å². The Morgan fingerprint density at radius 3 is 2.57 bits per heavy atom. The molecule has 0 aromatic carbocycles. The molecule has 14 heavy (non-hydrogen) atoms. The second-order valence-electron chi connectivity index (χ2n) is 4.83. The lowest BCUT2D eigenvalue weighted by atomic mass is 9.67. The smallest absolute Gasteiger partial charge is 0.243 e. The molecule has 2 rings (SSSR count). The SMILES string of the molecule is C=CC(=O)NC12CCCC(CCC1)C2. The highest BCUT2D eigenvalue weighted by Gasteiger charge is 2.39. The molecule has 0 atom stereocenters. The quantitative estimate of drug-likeness (QED) is 0.670. The highest BCUT2D eigenvalue weighted by molar-refractivity contribution is 5.87. The van der Waals surface area contributed by atoms with E-state index in [1.165, 1.54) is 51.0 Å². The number of hydrogen-bond acceptors (Lipinski definition) is 1. The molecule has 1 N–H and O–H groups in total. The minimum absolute atomic E-state index is 0.00699. The third kappa shape index (κ3) is 1.84. The van der Waals surface area contributed by atoms with Crippen LogP contribution in [0.15, 0.2) is 12.7 Å². The van der Waals surface area contributed by atoms with Gasteiger partial charge in [-0.3, -0.25) is 4.79 Å². The first-order chi connectivity index (χ1) is 6.74. The molecule has 0 saturated heterocycles. The van der Waals surface area contributed by atoms with Crippen LogP contribution in [0.1, 0.15) is 44.9 Å². The molecule has 0 spiro atoms. The largest absolute Gasteiger partial charge is 0.347 e. The summed E-state index contributed by atoms with van der Waals surface area (Å²) < 4.78 is 0. The van der Waals surface area contributed by atoms with E-state index in [2.05, 4.69) is 11.9 Å². The Kier molecular flexibility index (Phi) is 2.62. The molecule has 78 valence electrons. The number of carbonyl (C=O) groups is 1. The maximum absolute atomic E-state index is 11.3. The van der Waals surface area contributed by atoms with E-state index >= 15 is 0 Å². The maximum atomic E-state index is 11.3. The minimum atomic E-state index is 0.00699. The van der Waals surface area contributed by atoms with Crippen LogP contribution in [-0.4, -0.2) is 11.4 Å². The van der Waals surface area contributed by atoms with E-state index in [-0.39, 0.29) is 11.4 Å². The van der Waals surface area contributed by atoms with Gasteiger partial charge in [-0.1, -0.05) is 32.3 Å². The lowest BCUT2D eigenvalue weighted by Crippen LogP contribution is -2.52. The minimum Gasteiger partial charge on any atom is -0.347 e. The van der Waals surface area contributed by atoms with Gasteiger partial charge in [-0.25, -0.2) is 0 Å². The molecule has 0 radical (unpaired) electrons. The van der Waals surface area contributed by atoms with E-state index in [1.807, 2.05) is 0 Å². The van der Waals surface area contributed by atoms with E-state index in [0.29, 0.717) is 0 Å². The fourth-order valence-corrected chi connectivity index (χ4v) is 3.18. The Morgan fingerprint density at radius 1 is 1.36 bits per heavy atom. The summed E-state index contributed by atoms with van der Waals surface area (Å²) in [5.74, 6) is 0.871. The van der Waals surface area contributed by atoms with Crippen LogP contribution in [0.3, 0.4) is 0 Å². The van der Waals surface area contributed by atoms with Crippen molar-refractivity contribution in [2.45, 2.75) is 50.5 Å². The fraction of sp³-hybridized carbons (Fsp3) is 0.750. The Balaban J connectivity index is 2.04. The van der Waals surface area contributed by atoms with Gasteiger partial charge in [0.05, 0.1) is 0 Å². The van der Waals surface area contributed by atoms with E-state index in [0.717, 1.165) is 5.92 Å². The average Bonchev–Trinajstić information content (AvgIpc) is 2.17. The molecule has 2 fully saturated rings. The zero-order valence-corrected chi connectivity index (χ0v) is 8.72. The van der Waals surface area contributed by atoms with Gasteiger partial charge in [-0.2, -0.15) is 0 Å². The fourth-order valence-electron chi connectivity index (χ4n) is 3.18. The highest BCUT2D eigenvalue weighted by Crippen LogP contribution is 2.42. The molecular weight excluding hydrogens is 174 g/mol. The monoisotopic (exact) mass is 193 g/mol. The van der Waals surface area contributed by atoms with E-state index < -0.39 is 0 Å². The number of nitrogens with one attached hydrogen (secondary N) is 1. The summed E-state index contributed by atoms with van der Waals surface area (Å²) in [7, 11) is 0. The molecule has 0 unspecified atom stereocenters. The van der Waals surface area contributed by atoms with Crippen molar-refractivity contribution in [2.75, 3.05) is 0 Å². The van der Waals surface area contributed by atoms with Gasteiger partial charge in [-0.05, 0) is 31.3 Å². The predicted molar refractivity (Wildman–Crippen MR) is 56.9 cm³/mol. The highest BCUT2D eigenvalue weighted by atomic mass is 16.1. The van der Waals surface area contributed by atoms with Gasteiger partial charge in [0.1, 0.15) is 0 Å². The summed E-state index contributed by atoms with van der Waals surface area (Å²) in [6.07, 6.45) is 10.2. The normalized spacial score (nSPS) is 36.1. The number of fused-ring (bicyclic) bond motifs is 2. The molecule has 0 aliphatic heterocycles. The van der Waals surface area contributed by atoms with Crippen LogP contribution in [0.2, 0.25) is 0 Å².